The molecule has 0 fully saturated rings. The van der Waals surface area contributed by atoms with Crippen molar-refractivity contribution in [1.29, 1.82) is 0 Å². The fraction of sp³-hybridized carbons (Fsp3) is 0.100. The summed E-state index contributed by atoms with van der Waals surface area (Å²) in [4.78, 5) is 8.78. The monoisotopic (exact) mass is 193 g/mol. The number of nitrogens with two attached hydrogens (primary N) is 1. The summed E-state index contributed by atoms with van der Waals surface area (Å²) in [7, 11) is 0. The molecule has 4 heteroatoms. The third kappa shape index (κ3) is 3.18. The molecule has 0 saturated heterocycles. The normalized spacial score (nSPS) is 11.7. The first-order valence-corrected chi connectivity index (χ1v) is 4.07. The zero-order valence-corrected chi connectivity index (χ0v) is 7.51. The fourth-order valence-electron chi connectivity index (χ4n) is 1.06. The number of para-hydroxylation sites is 1. The number of hydrogen-bond donors (Lipinski definition) is 2. The summed E-state index contributed by atoms with van der Waals surface area (Å²) in [6.45, 7) is 0.705. The van der Waals surface area contributed by atoms with E-state index in [1.54, 1.807) is 0 Å². The van der Waals surface area contributed by atoms with Gasteiger partial charge in [0, 0.05) is 5.56 Å². The van der Waals surface area contributed by atoms with Crippen molar-refractivity contribution < 1.29 is 14.6 Å². The molecular weight excluding hydrogens is 182 g/mol. The molecule has 2 rings (SSSR count). The lowest BCUT2D eigenvalue weighted by Gasteiger charge is -2.10. The lowest BCUT2D eigenvalue weighted by molar-refractivity contribution is 0.205. The highest BCUT2D eigenvalue weighted by Gasteiger charge is 2.01. The summed E-state index contributed by atoms with van der Waals surface area (Å²) < 4.78 is 5.34. The van der Waals surface area contributed by atoms with E-state index in [1.165, 1.54) is 5.56 Å². The molecule has 0 spiro atoms. The van der Waals surface area contributed by atoms with Gasteiger partial charge in [0.2, 0.25) is 0 Å². The minimum absolute atomic E-state index is 0.705. The summed E-state index contributed by atoms with van der Waals surface area (Å²) in [6.07, 6.45) is 2.77. The Morgan fingerprint density at radius 3 is 2.71 bits per heavy atom. The van der Waals surface area contributed by atoms with E-state index in [-0.39, 0.29) is 0 Å². The Morgan fingerprint density at radius 2 is 2.07 bits per heavy atom. The number of hydrogen-bond acceptors (Lipinski definition) is 2. The van der Waals surface area contributed by atoms with Crippen LogP contribution in [0, 0.1) is 0 Å². The Labute approximate surface area is 81.6 Å². The third-order valence-corrected chi connectivity index (χ3v) is 1.55. The lowest BCUT2D eigenvalue weighted by atomic mass is 10.1. The molecule has 3 N–H and O–H groups in total. The van der Waals surface area contributed by atoms with Crippen LogP contribution in [0.15, 0.2) is 30.3 Å². The zero-order valence-electron chi connectivity index (χ0n) is 7.51. The van der Waals surface area contributed by atoms with Crippen LogP contribution in [0.5, 0.6) is 5.75 Å². The largest absolute Gasteiger partial charge is 0.489 e. The molecule has 1 aromatic carbocycles. The Hall–Kier alpha value is -1.97. The highest BCUT2D eigenvalue weighted by atomic mass is 16.5. The van der Waals surface area contributed by atoms with Crippen molar-refractivity contribution in [3.05, 3.63) is 35.9 Å². The van der Waals surface area contributed by atoms with Gasteiger partial charge in [-0.2, -0.15) is 0 Å². The zero-order chi connectivity index (χ0) is 10.4. The van der Waals surface area contributed by atoms with Gasteiger partial charge in [-0.05, 0) is 12.1 Å². The molecule has 0 atom stereocenters. The van der Waals surface area contributed by atoms with Crippen LogP contribution in [0.1, 0.15) is 5.56 Å². The van der Waals surface area contributed by atoms with E-state index in [1.807, 2.05) is 30.3 Å². The highest BCUT2D eigenvalue weighted by Crippen LogP contribution is 2.21. The van der Waals surface area contributed by atoms with E-state index in [0.29, 0.717) is 6.61 Å². The standard InChI is InChI=1S/C9H8O.CH3NO2/c1-2-6-9-8(4-1)5-3-7-10-9;2-1(3)4/h1-6H,7H2;2H2,(H,3,4). The molecule has 1 amide bonds. The molecule has 74 valence electrons. The topological polar surface area (TPSA) is 72.5 Å². The van der Waals surface area contributed by atoms with Gasteiger partial charge in [-0.15, -0.1) is 0 Å². The van der Waals surface area contributed by atoms with Crippen LogP contribution in [-0.4, -0.2) is 17.8 Å². The van der Waals surface area contributed by atoms with Gasteiger partial charge in [0.15, 0.2) is 0 Å². The van der Waals surface area contributed by atoms with Crippen LogP contribution in [0.4, 0.5) is 4.79 Å². The molecular formula is C10H11NO3. The van der Waals surface area contributed by atoms with E-state index < -0.39 is 6.09 Å². The van der Waals surface area contributed by atoms with Crippen LogP contribution in [-0.2, 0) is 0 Å². The number of rotatable bonds is 0. The fourth-order valence-corrected chi connectivity index (χ4v) is 1.06. The molecule has 1 heterocycles. The van der Waals surface area contributed by atoms with Gasteiger partial charge in [0.25, 0.3) is 0 Å². The summed E-state index contributed by atoms with van der Waals surface area (Å²) in [5.74, 6) is 0.991. The predicted molar refractivity (Wildman–Crippen MR) is 53.2 cm³/mol. The Morgan fingerprint density at radius 1 is 1.43 bits per heavy atom. The number of fused-ring (bicyclic) bond motifs is 1. The SMILES string of the molecule is C1=Cc2ccccc2OC1.NC(=O)O. The number of ether oxygens (including phenoxy) is 1. The number of primary amides is 1. The smallest absolute Gasteiger partial charge is 0.402 e. The van der Waals surface area contributed by atoms with Gasteiger partial charge in [0.1, 0.15) is 12.4 Å². The van der Waals surface area contributed by atoms with Crippen molar-refractivity contribution >= 4 is 12.2 Å². The second-order valence-corrected chi connectivity index (χ2v) is 2.59. The van der Waals surface area contributed by atoms with Gasteiger partial charge in [-0.3, -0.25) is 0 Å². The molecule has 0 aromatic heterocycles. The lowest BCUT2D eigenvalue weighted by Crippen LogP contribution is -2.03. The van der Waals surface area contributed by atoms with Crippen LogP contribution < -0.4 is 10.5 Å². The molecule has 0 radical (unpaired) electrons. The van der Waals surface area contributed by atoms with Gasteiger partial charge >= 0.3 is 6.09 Å². The molecule has 0 aliphatic carbocycles. The van der Waals surface area contributed by atoms with Gasteiger partial charge in [0.05, 0.1) is 0 Å². The Bertz CT molecular complexity index is 343. The van der Waals surface area contributed by atoms with Crippen molar-refractivity contribution in [2.24, 2.45) is 5.73 Å². The second kappa shape index (κ2) is 4.91. The summed E-state index contributed by atoms with van der Waals surface area (Å²) in [6, 6.07) is 8.03. The van der Waals surface area contributed by atoms with Crippen molar-refractivity contribution in [3.63, 3.8) is 0 Å². The Kier molecular flexibility index (Phi) is 3.55. The number of benzene rings is 1. The van der Waals surface area contributed by atoms with Crippen LogP contribution in [0.25, 0.3) is 6.08 Å². The molecule has 14 heavy (non-hydrogen) atoms. The first-order chi connectivity index (χ1) is 6.70. The van der Waals surface area contributed by atoms with Crippen molar-refractivity contribution in [3.8, 4) is 5.75 Å². The van der Waals surface area contributed by atoms with Crippen LogP contribution in [0.2, 0.25) is 0 Å². The third-order valence-electron chi connectivity index (χ3n) is 1.55. The molecule has 1 aromatic rings. The van der Waals surface area contributed by atoms with Gasteiger partial charge in [-0.25, -0.2) is 4.79 Å². The average Bonchev–Trinajstić information content (AvgIpc) is 2.17. The van der Waals surface area contributed by atoms with E-state index in [4.69, 9.17) is 14.6 Å². The van der Waals surface area contributed by atoms with Gasteiger partial charge < -0.3 is 15.6 Å². The van der Waals surface area contributed by atoms with Gasteiger partial charge in [-0.1, -0.05) is 24.3 Å². The minimum atomic E-state index is -1.33. The Balaban J connectivity index is 0.000000213. The molecule has 4 nitrogen and oxygen atoms in total. The number of carboxylic acid groups (broad SMARTS) is 1. The van der Waals surface area contributed by atoms with Crippen molar-refractivity contribution in [2.45, 2.75) is 0 Å². The van der Waals surface area contributed by atoms with E-state index in [2.05, 4.69) is 11.8 Å². The summed E-state index contributed by atoms with van der Waals surface area (Å²) >= 11 is 0. The summed E-state index contributed by atoms with van der Waals surface area (Å²) in [5.41, 5.74) is 5.20. The molecule has 0 bridgehead atoms. The molecule has 1 aliphatic rings. The molecule has 0 saturated carbocycles. The maximum absolute atomic E-state index is 8.78. The second-order valence-electron chi connectivity index (χ2n) is 2.59. The van der Waals surface area contributed by atoms with Crippen molar-refractivity contribution in [2.75, 3.05) is 6.61 Å². The molecule has 1 aliphatic heterocycles. The maximum atomic E-state index is 8.78. The van der Waals surface area contributed by atoms with E-state index in [9.17, 15) is 0 Å². The van der Waals surface area contributed by atoms with E-state index >= 15 is 0 Å². The van der Waals surface area contributed by atoms with Crippen molar-refractivity contribution in [1.82, 2.24) is 0 Å². The van der Waals surface area contributed by atoms with E-state index in [0.717, 1.165) is 5.75 Å². The minimum Gasteiger partial charge on any atom is -0.489 e. The van der Waals surface area contributed by atoms with Crippen LogP contribution >= 0.6 is 0 Å². The van der Waals surface area contributed by atoms with Crippen LogP contribution in [0.3, 0.4) is 0 Å². The average molecular weight is 193 g/mol. The first-order valence-electron chi connectivity index (χ1n) is 4.07. The molecule has 0 unspecified atom stereocenters. The summed E-state index contributed by atoms with van der Waals surface area (Å²) in [5, 5.41) is 7.19. The predicted octanol–water partition coefficient (Wildman–Crippen LogP) is 1.72. The highest BCUT2D eigenvalue weighted by molar-refractivity contribution is 5.61. The quantitative estimate of drug-likeness (QED) is 0.658. The first kappa shape index (κ1) is 10.1. The maximum Gasteiger partial charge on any atom is 0.402 e. The number of carbonyl (C=O) groups is 1. The number of amides is 1.